The molecule has 0 atom stereocenters. The van der Waals surface area contributed by atoms with E-state index in [2.05, 4.69) is 19.6 Å². The Hall–Kier alpha value is -5.62. The number of aromatic nitrogens is 2. The van der Waals surface area contributed by atoms with Crippen LogP contribution in [0.15, 0.2) is 48.8 Å². The molecule has 5 heterocycles. The van der Waals surface area contributed by atoms with Gasteiger partial charge in [-0.05, 0) is 107 Å². The van der Waals surface area contributed by atoms with Crippen molar-refractivity contribution >= 4 is 29.8 Å². The van der Waals surface area contributed by atoms with Gasteiger partial charge in [0.2, 0.25) is 17.8 Å². The number of amides is 3. The summed E-state index contributed by atoms with van der Waals surface area (Å²) in [6, 6.07) is 9.33. The number of carbonyl (C=O) groups is 4. The highest BCUT2D eigenvalue weighted by Crippen LogP contribution is 2.27. The number of methoxy groups -OCH3 is 1. The lowest BCUT2D eigenvalue weighted by molar-refractivity contribution is -0.138. The van der Waals surface area contributed by atoms with E-state index in [0.717, 1.165) is 64.5 Å². The third kappa shape index (κ3) is 16.0. The van der Waals surface area contributed by atoms with Gasteiger partial charge in [-0.15, -0.1) is 0 Å². The molecule has 4 saturated heterocycles. The zero-order valence-corrected chi connectivity index (χ0v) is 40.6. The standard InChI is InChI=1S/C26H33FN4O5.C25H37FN2O5/c1-35-25(34)21-13-28-26(29-14-21)30-8-6-18(7-9-30)3-2-10-36-22-5-4-20(23(27)12-22)11-24(33)31-15-19(16-31)17-32;1-25(2,3)33-24(31)27-10-8-18(9-11-27)5-4-12-32-21-7-6-20(22(26)14-21)13-23(30)28-15-19(16-28)17-29/h4-5,12-14,18-19,32H,2-3,6-11,15-17H2,1H3;6-7,14,18-19,29H,4-5,8-13,15-17H2,1-3H3. The summed E-state index contributed by atoms with van der Waals surface area (Å²) in [5, 5.41) is 18.1. The van der Waals surface area contributed by atoms with Crippen LogP contribution in [0.3, 0.4) is 0 Å². The molecule has 4 aliphatic heterocycles. The molecule has 16 nitrogen and oxygen atoms in total. The molecule has 0 spiro atoms. The second-order valence-electron chi connectivity index (χ2n) is 19.6. The number of rotatable bonds is 18. The summed E-state index contributed by atoms with van der Waals surface area (Å²) >= 11 is 0. The Bertz CT molecular complexity index is 2150. The predicted molar refractivity (Wildman–Crippen MR) is 253 cm³/mol. The molecule has 0 radical (unpaired) electrons. The van der Waals surface area contributed by atoms with Gasteiger partial charge in [0.15, 0.2) is 0 Å². The largest absolute Gasteiger partial charge is 0.493 e. The lowest BCUT2D eigenvalue weighted by Crippen LogP contribution is -2.51. The van der Waals surface area contributed by atoms with Crippen molar-refractivity contribution in [1.82, 2.24) is 24.7 Å². The molecular formula is C51H70F2N6O10. The number of nitrogens with zero attached hydrogens (tertiary/aromatic N) is 6. The molecule has 4 aliphatic rings. The van der Waals surface area contributed by atoms with E-state index in [0.29, 0.717) is 98.5 Å². The molecule has 3 amide bonds. The minimum atomic E-state index is -0.475. The Labute approximate surface area is 404 Å². The monoisotopic (exact) mass is 965 g/mol. The number of hydrogen-bond acceptors (Lipinski definition) is 13. The van der Waals surface area contributed by atoms with Gasteiger partial charge in [0.1, 0.15) is 28.7 Å². The molecule has 0 bridgehead atoms. The van der Waals surface area contributed by atoms with Crippen LogP contribution < -0.4 is 14.4 Å². The van der Waals surface area contributed by atoms with Gasteiger partial charge in [0, 0.05) is 102 Å². The van der Waals surface area contributed by atoms with Crippen molar-refractivity contribution in [2.24, 2.45) is 23.7 Å². The maximum atomic E-state index is 14.5. The Balaban J connectivity index is 0.000000228. The topological polar surface area (TPSA) is 184 Å². The van der Waals surface area contributed by atoms with E-state index in [1.807, 2.05) is 20.8 Å². The van der Waals surface area contributed by atoms with Crippen LogP contribution in [0.5, 0.6) is 11.5 Å². The van der Waals surface area contributed by atoms with E-state index >= 15 is 0 Å². The molecule has 2 aromatic carbocycles. The molecule has 4 fully saturated rings. The second kappa shape index (κ2) is 25.3. The minimum Gasteiger partial charge on any atom is -0.493 e. The second-order valence-corrected chi connectivity index (χ2v) is 19.6. The SMILES string of the molecule is CC(C)(C)OC(=O)N1CCC(CCCOc2ccc(CC(=O)N3CC(CO)C3)c(F)c2)CC1.COC(=O)c1cnc(N2CCC(CCCOc3ccc(CC(=O)N4CC(CO)C4)c(F)c3)CC2)nc1. The minimum absolute atomic E-state index is 0.0173. The van der Waals surface area contributed by atoms with Crippen LogP contribution >= 0.6 is 0 Å². The first-order valence-electron chi connectivity index (χ1n) is 24.3. The summed E-state index contributed by atoms with van der Waals surface area (Å²) in [7, 11) is 1.33. The number of aliphatic hydroxyl groups is 2. The van der Waals surface area contributed by atoms with Gasteiger partial charge in [0.05, 0.1) is 38.7 Å². The van der Waals surface area contributed by atoms with Gasteiger partial charge in [-0.2, -0.15) is 0 Å². The van der Waals surface area contributed by atoms with E-state index in [4.69, 9.17) is 24.4 Å². The van der Waals surface area contributed by atoms with Crippen molar-refractivity contribution in [3.8, 4) is 11.5 Å². The third-order valence-corrected chi connectivity index (χ3v) is 13.1. The molecular weight excluding hydrogens is 895 g/mol. The summed E-state index contributed by atoms with van der Waals surface area (Å²) in [6.45, 7) is 12.1. The molecule has 2 N–H and O–H groups in total. The van der Waals surface area contributed by atoms with Crippen LogP contribution in [-0.2, 0) is 31.9 Å². The van der Waals surface area contributed by atoms with Crippen molar-refractivity contribution in [3.05, 3.63) is 77.1 Å². The van der Waals surface area contributed by atoms with Gasteiger partial charge in [-0.3, -0.25) is 9.59 Å². The first-order valence-corrected chi connectivity index (χ1v) is 24.3. The molecule has 7 rings (SSSR count). The van der Waals surface area contributed by atoms with Crippen molar-refractivity contribution in [2.75, 3.05) is 90.8 Å². The van der Waals surface area contributed by atoms with Crippen LogP contribution in [0.4, 0.5) is 19.5 Å². The third-order valence-electron chi connectivity index (χ3n) is 13.1. The number of likely N-dealkylation sites (tertiary alicyclic amines) is 3. The molecule has 0 aliphatic carbocycles. The van der Waals surface area contributed by atoms with Crippen LogP contribution in [0, 0.1) is 35.3 Å². The van der Waals surface area contributed by atoms with Crippen molar-refractivity contribution < 1.29 is 57.1 Å². The lowest BCUT2D eigenvalue weighted by Gasteiger charge is -2.38. The number of esters is 1. The molecule has 378 valence electrons. The van der Waals surface area contributed by atoms with Gasteiger partial charge >= 0.3 is 12.1 Å². The Morgan fingerprint density at radius 2 is 1.12 bits per heavy atom. The van der Waals surface area contributed by atoms with Crippen molar-refractivity contribution in [1.29, 1.82) is 0 Å². The molecule has 1 aromatic heterocycles. The highest BCUT2D eigenvalue weighted by molar-refractivity contribution is 5.88. The fourth-order valence-corrected chi connectivity index (χ4v) is 8.83. The summed E-state index contributed by atoms with van der Waals surface area (Å²) in [4.78, 5) is 63.8. The van der Waals surface area contributed by atoms with E-state index in [1.165, 1.54) is 31.6 Å². The maximum Gasteiger partial charge on any atom is 0.410 e. The average Bonchev–Trinajstić information content (AvgIpc) is 3.30. The Kier molecular flexibility index (Phi) is 19.3. The molecule has 18 heteroatoms. The van der Waals surface area contributed by atoms with Crippen molar-refractivity contribution in [2.45, 2.75) is 90.6 Å². The number of aliphatic hydroxyl groups excluding tert-OH is 2. The van der Waals surface area contributed by atoms with Crippen LogP contribution in [-0.4, -0.2) is 150 Å². The number of carbonyl (C=O) groups excluding carboxylic acids is 4. The number of benzene rings is 2. The van der Waals surface area contributed by atoms with E-state index < -0.39 is 23.2 Å². The van der Waals surface area contributed by atoms with Crippen LogP contribution in [0.25, 0.3) is 0 Å². The van der Waals surface area contributed by atoms with Gasteiger partial charge in [-0.1, -0.05) is 12.1 Å². The maximum absolute atomic E-state index is 14.5. The van der Waals surface area contributed by atoms with Crippen LogP contribution in [0.2, 0.25) is 0 Å². The van der Waals surface area contributed by atoms with Gasteiger partial charge < -0.3 is 48.8 Å². The number of anilines is 1. The number of halogens is 2. The van der Waals surface area contributed by atoms with E-state index in [9.17, 15) is 28.0 Å². The Morgan fingerprint density at radius 3 is 1.52 bits per heavy atom. The fourth-order valence-electron chi connectivity index (χ4n) is 8.83. The molecule has 0 saturated carbocycles. The number of ether oxygens (including phenoxy) is 4. The summed E-state index contributed by atoms with van der Waals surface area (Å²) in [5.74, 6) is 1.41. The number of piperidine rings is 2. The first kappa shape index (κ1) is 52.7. The zero-order valence-electron chi connectivity index (χ0n) is 40.6. The van der Waals surface area contributed by atoms with E-state index in [1.54, 1.807) is 39.0 Å². The van der Waals surface area contributed by atoms with Gasteiger partial charge in [-0.25, -0.2) is 28.3 Å². The smallest absolute Gasteiger partial charge is 0.410 e. The Morgan fingerprint density at radius 1 is 0.667 bits per heavy atom. The normalized spacial score (nSPS) is 17.0. The summed E-state index contributed by atoms with van der Waals surface area (Å²) in [6.07, 6.45) is 10.5. The highest BCUT2D eigenvalue weighted by Gasteiger charge is 2.32. The molecule has 3 aromatic rings. The molecule has 0 unspecified atom stereocenters. The van der Waals surface area contributed by atoms with Crippen LogP contribution in [0.1, 0.15) is 93.6 Å². The first-order chi connectivity index (χ1) is 33.1. The predicted octanol–water partition coefficient (Wildman–Crippen LogP) is 6.10. The number of hydrogen-bond donors (Lipinski definition) is 2. The quantitative estimate of drug-likeness (QED) is 0.110. The van der Waals surface area contributed by atoms with Crippen molar-refractivity contribution in [3.63, 3.8) is 0 Å². The summed E-state index contributed by atoms with van der Waals surface area (Å²) < 4.78 is 50.4. The molecule has 69 heavy (non-hydrogen) atoms. The van der Waals surface area contributed by atoms with E-state index in [-0.39, 0.29) is 55.8 Å². The average molecular weight is 965 g/mol. The van der Waals surface area contributed by atoms with Gasteiger partial charge in [0.25, 0.3) is 0 Å². The highest BCUT2D eigenvalue weighted by atomic mass is 19.1. The summed E-state index contributed by atoms with van der Waals surface area (Å²) in [5.41, 5.74) is 0.575. The lowest BCUT2D eigenvalue weighted by atomic mass is 9.92. The zero-order chi connectivity index (χ0) is 49.5. The fraction of sp³-hybridized carbons (Fsp3) is 0.608.